The van der Waals surface area contributed by atoms with Gasteiger partial charge in [0.25, 0.3) is 0 Å². The average Bonchev–Trinajstić information content (AvgIpc) is 2.72. The summed E-state index contributed by atoms with van der Waals surface area (Å²) in [6.45, 7) is 0.868. The summed E-state index contributed by atoms with van der Waals surface area (Å²) in [6.07, 6.45) is 0.116. The quantitative estimate of drug-likeness (QED) is 0.837. The minimum absolute atomic E-state index is 0.116. The van der Waals surface area contributed by atoms with E-state index in [0.717, 1.165) is 22.5 Å². The van der Waals surface area contributed by atoms with Gasteiger partial charge in [-0.3, -0.25) is 4.79 Å². The van der Waals surface area contributed by atoms with Crippen molar-refractivity contribution < 1.29 is 9.90 Å². The smallest absolute Gasteiger partial charge is 0.305 e. The highest BCUT2D eigenvalue weighted by molar-refractivity contribution is 5.80. The first-order valence-electron chi connectivity index (χ1n) is 6.11. The average molecular weight is 262 g/mol. The van der Waals surface area contributed by atoms with Crippen molar-refractivity contribution in [3.05, 3.63) is 24.0 Å². The molecular weight excluding hydrogens is 244 g/mol. The molecule has 0 fully saturated rings. The summed E-state index contributed by atoms with van der Waals surface area (Å²) in [5.41, 5.74) is 8.49. The standard InChI is InChI=1S/C13H18N4O2/c1-16(6-5-13(18)19)9-3-4-11-10(7-9)15-12(8-14)17(11)2/h3-4,7H,5-6,8,14H2,1-2H3,(H,18,19). The van der Waals surface area contributed by atoms with Gasteiger partial charge in [-0.2, -0.15) is 0 Å². The lowest BCUT2D eigenvalue weighted by Crippen LogP contribution is -2.20. The number of aliphatic carboxylic acids is 1. The predicted molar refractivity (Wildman–Crippen MR) is 74.1 cm³/mol. The van der Waals surface area contributed by atoms with E-state index in [4.69, 9.17) is 10.8 Å². The van der Waals surface area contributed by atoms with E-state index in [1.165, 1.54) is 0 Å². The lowest BCUT2D eigenvalue weighted by atomic mass is 10.2. The lowest BCUT2D eigenvalue weighted by molar-refractivity contribution is -0.136. The maximum absolute atomic E-state index is 10.6. The van der Waals surface area contributed by atoms with Gasteiger partial charge in [0, 0.05) is 26.3 Å². The van der Waals surface area contributed by atoms with E-state index in [2.05, 4.69) is 4.98 Å². The van der Waals surface area contributed by atoms with E-state index in [1.54, 1.807) is 0 Å². The summed E-state index contributed by atoms with van der Waals surface area (Å²) in [6, 6.07) is 5.90. The molecule has 1 aromatic heterocycles. The number of carboxylic acid groups (broad SMARTS) is 1. The molecule has 0 spiro atoms. The molecule has 0 aliphatic carbocycles. The number of carboxylic acids is 1. The third kappa shape index (κ3) is 2.68. The van der Waals surface area contributed by atoms with Crippen molar-refractivity contribution in [3.8, 4) is 0 Å². The van der Waals surface area contributed by atoms with Crippen molar-refractivity contribution in [3.63, 3.8) is 0 Å². The number of hydrogen-bond donors (Lipinski definition) is 2. The Balaban J connectivity index is 2.28. The van der Waals surface area contributed by atoms with Gasteiger partial charge in [0.2, 0.25) is 0 Å². The third-order valence-corrected chi connectivity index (χ3v) is 3.24. The van der Waals surface area contributed by atoms with Gasteiger partial charge in [0.15, 0.2) is 0 Å². The molecule has 2 aromatic rings. The molecule has 102 valence electrons. The molecule has 2 rings (SSSR count). The molecule has 6 nitrogen and oxygen atoms in total. The number of anilines is 1. The first-order chi connectivity index (χ1) is 9.02. The predicted octanol–water partition coefficient (Wildman–Crippen LogP) is 0.943. The molecule has 0 unspecified atom stereocenters. The molecular formula is C13H18N4O2. The van der Waals surface area contributed by atoms with E-state index in [9.17, 15) is 4.79 Å². The van der Waals surface area contributed by atoms with Crippen LogP contribution in [0.15, 0.2) is 18.2 Å². The van der Waals surface area contributed by atoms with Crippen LogP contribution >= 0.6 is 0 Å². The van der Waals surface area contributed by atoms with Gasteiger partial charge in [0.1, 0.15) is 5.82 Å². The van der Waals surface area contributed by atoms with Crippen molar-refractivity contribution >= 4 is 22.7 Å². The number of nitrogens with two attached hydrogens (primary N) is 1. The van der Waals surface area contributed by atoms with Crippen LogP contribution in [0.4, 0.5) is 5.69 Å². The van der Waals surface area contributed by atoms with Crippen LogP contribution in [0, 0.1) is 0 Å². The number of imidazole rings is 1. The molecule has 0 saturated heterocycles. The van der Waals surface area contributed by atoms with Crippen molar-refractivity contribution in [2.24, 2.45) is 12.8 Å². The Labute approximate surface area is 111 Å². The van der Waals surface area contributed by atoms with Gasteiger partial charge < -0.3 is 20.3 Å². The largest absolute Gasteiger partial charge is 0.481 e. The van der Waals surface area contributed by atoms with E-state index >= 15 is 0 Å². The number of rotatable bonds is 5. The number of nitrogens with zero attached hydrogens (tertiary/aromatic N) is 3. The summed E-state index contributed by atoms with van der Waals surface area (Å²) in [7, 11) is 3.81. The highest BCUT2D eigenvalue weighted by atomic mass is 16.4. The Morgan fingerprint density at radius 2 is 2.26 bits per heavy atom. The Morgan fingerprint density at radius 1 is 1.53 bits per heavy atom. The minimum Gasteiger partial charge on any atom is -0.481 e. The topological polar surface area (TPSA) is 84.4 Å². The third-order valence-electron chi connectivity index (χ3n) is 3.24. The summed E-state index contributed by atoms with van der Waals surface area (Å²) in [5.74, 6) is 0.0384. The van der Waals surface area contributed by atoms with E-state index in [1.807, 2.05) is 41.8 Å². The van der Waals surface area contributed by atoms with Gasteiger partial charge in [-0.25, -0.2) is 4.98 Å². The van der Waals surface area contributed by atoms with Crippen LogP contribution < -0.4 is 10.6 Å². The second kappa shape index (κ2) is 5.27. The molecule has 0 aliphatic heterocycles. The number of aromatic nitrogens is 2. The van der Waals surface area contributed by atoms with Gasteiger partial charge in [0.05, 0.1) is 24.0 Å². The van der Waals surface area contributed by atoms with Crippen LogP contribution in [-0.2, 0) is 18.4 Å². The number of hydrogen-bond acceptors (Lipinski definition) is 4. The second-order valence-corrected chi connectivity index (χ2v) is 4.53. The summed E-state index contributed by atoms with van der Waals surface area (Å²) in [5, 5.41) is 8.70. The van der Waals surface area contributed by atoms with Gasteiger partial charge in [-0.05, 0) is 18.2 Å². The summed E-state index contributed by atoms with van der Waals surface area (Å²) in [4.78, 5) is 16.9. The Morgan fingerprint density at radius 3 is 2.89 bits per heavy atom. The molecule has 1 aromatic carbocycles. The fraction of sp³-hybridized carbons (Fsp3) is 0.385. The van der Waals surface area contributed by atoms with Crippen molar-refractivity contribution in [2.75, 3.05) is 18.5 Å². The van der Waals surface area contributed by atoms with E-state index in [-0.39, 0.29) is 6.42 Å². The van der Waals surface area contributed by atoms with Crippen molar-refractivity contribution in [1.82, 2.24) is 9.55 Å². The molecule has 19 heavy (non-hydrogen) atoms. The first-order valence-corrected chi connectivity index (χ1v) is 6.11. The summed E-state index contributed by atoms with van der Waals surface area (Å²) < 4.78 is 1.97. The maximum Gasteiger partial charge on any atom is 0.305 e. The molecule has 0 saturated carbocycles. The Hall–Kier alpha value is -2.08. The van der Waals surface area contributed by atoms with Gasteiger partial charge in [-0.15, -0.1) is 0 Å². The van der Waals surface area contributed by atoms with Gasteiger partial charge >= 0.3 is 5.97 Å². The second-order valence-electron chi connectivity index (χ2n) is 4.53. The van der Waals surface area contributed by atoms with Crippen LogP contribution in [0.25, 0.3) is 11.0 Å². The normalized spacial score (nSPS) is 10.9. The van der Waals surface area contributed by atoms with Crippen LogP contribution in [0.5, 0.6) is 0 Å². The number of aryl methyl sites for hydroxylation is 1. The Kier molecular flexibility index (Phi) is 3.71. The molecule has 0 bridgehead atoms. The van der Waals surface area contributed by atoms with E-state index < -0.39 is 5.97 Å². The molecule has 3 N–H and O–H groups in total. The minimum atomic E-state index is -0.795. The zero-order chi connectivity index (χ0) is 14.0. The molecule has 0 aliphatic rings. The molecule has 1 heterocycles. The number of carbonyl (C=O) groups is 1. The highest BCUT2D eigenvalue weighted by Crippen LogP contribution is 2.21. The number of benzene rings is 1. The maximum atomic E-state index is 10.6. The SMILES string of the molecule is CN(CCC(=O)O)c1ccc2c(c1)nc(CN)n2C. The molecule has 0 radical (unpaired) electrons. The number of fused-ring (bicyclic) bond motifs is 1. The fourth-order valence-electron chi connectivity index (χ4n) is 2.05. The lowest BCUT2D eigenvalue weighted by Gasteiger charge is -2.18. The monoisotopic (exact) mass is 262 g/mol. The van der Waals surface area contributed by atoms with Crippen LogP contribution in [-0.4, -0.2) is 34.2 Å². The van der Waals surface area contributed by atoms with Crippen molar-refractivity contribution in [2.45, 2.75) is 13.0 Å². The van der Waals surface area contributed by atoms with Crippen LogP contribution in [0.1, 0.15) is 12.2 Å². The van der Waals surface area contributed by atoms with E-state index in [0.29, 0.717) is 13.1 Å². The molecule has 0 atom stereocenters. The molecule has 0 amide bonds. The fourth-order valence-corrected chi connectivity index (χ4v) is 2.05. The molecule has 6 heteroatoms. The first kappa shape index (κ1) is 13.4. The highest BCUT2D eigenvalue weighted by Gasteiger charge is 2.09. The Bertz CT molecular complexity index is 606. The van der Waals surface area contributed by atoms with Gasteiger partial charge in [-0.1, -0.05) is 0 Å². The summed E-state index contributed by atoms with van der Waals surface area (Å²) >= 11 is 0. The zero-order valence-electron chi connectivity index (χ0n) is 11.1. The van der Waals surface area contributed by atoms with Crippen LogP contribution in [0.3, 0.4) is 0 Å². The zero-order valence-corrected chi connectivity index (χ0v) is 11.1. The van der Waals surface area contributed by atoms with Crippen LogP contribution in [0.2, 0.25) is 0 Å². The van der Waals surface area contributed by atoms with Crippen molar-refractivity contribution in [1.29, 1.82) is 0 Å².